The van der Waals surface area contributed by atoms with Crippen LogP contribution < -0.4 is 0 Å². The Balaban J connectivity index is 1.54. The van der Waals surface area contributed by atoms with Gasteiger partial charge in [0.25, 0.3) is 0 Å². The molecular weight excluding hydrogens is 372 g/mol. The smallest absolute Gasteiger partial charge is 0.233 e. The van der Waals surface area contributed by atoms with Crippen molar-refractivity contribution in [3.63, 3.8) is 0 Å². The molecule has 3 heterocycles. The Morgan fingerprint density at radius 1 is 1.15 bits per heavy atom. The molecule has 1 saturated heterocycles. The van der Waals surface area contributed by atoms with Gasteiger partial charge in [-0.25, -0.2) is 9.97 Å². The summed E-state index contributed by atoms with van der Waals surface area (Å²) in [6.45, 7) is 6.47. The van der Waals surface area contributed by atoms with E-state index in [1.54, 1.807) is 0 Å². The van der Waals surface area contributed by atoms with Crippen LogP contribution in [-0.2, 0) is 22.3 Å². The van der Waals surface area contributed by atoms with Crippen LogP contribution in [-0.4, -0.2) is 67.6 Å². The number of aromatic nitrogens is 5. The van der Waals surface area contributed by atoms with Crippen molar-refractivity contribution < 1.29 is 9.53 Å². The van der Waals surface area contributed by atoms with Crippen molar-refractivity contribution in [1.82, 2.24) is 29.6 Å². The monoisotopic (exact) mass is 394 g/mol. The zero-order valence-electron chi connectivity index (χ0n) is 15.1. The van der Waals surface area contributed by atoms with E-state index >= 15 is 0 Å². The zero-order valence-corrected chi connectivity index (χ0v) is 16.8. The number of aryl methyl sites for hydroxylation is 2. The number of morpholine rings is 1. The summed E-state index contributed by atoms with van der Waals surface area (Å²) in [5.74, 6) is 1.93. The molecule has 1 aliphatic heterocycles. The molecule has 3 rings (SSSR count). The fraction of sp³-hybridized carbons (Fsp3) is 0.562. The Hall–Kier alpha value is -1.65. The van der Waals surface area contributed by atoms with Crippen LogP contribution in [0.25, 0.3) is 0 Å². The number of carbonyl (C=O) groups is 1. The summed E-state index contributed by atoms with van der Waals surface area (Å²) in [4.78, 5) is 22.9. The van der Waals surface area contributed by atoms with E-state index in [1.807, 2.05) is 36.4 Å². The number of hydrogen-bond donors (Lipinski definition) is 0. The molecule has 0 radical (unpaired) electrons. The Morgan fingerprint density at radius 3 is 2.54 bits per heavy atom. The van der Waals surface area contributed by atoms with E-state index in [0.717, 1.165) is 27.5 Å². The summed E-state index contributed by atoms with van der Waals surface area (Å²) in [7, 11) is 1.92. The standard InChI is InChI=1S/C16H22N6O2S2/c1-11-8-12(2)18-15(17-11)25-9-13-19-20-16(21(13)3)26-10-14(23)22-4-6-24-7-5-22/h8H,4-7,9-10H2,1-3H3. The van der Waals surface area contributed by atoms with Gasteiger partial charge < -0.3 is 14.2 Å². The fourth-order valence-corrected chi connectivity index (χ4v) is 4.27. The molecule has 0 unspecified atom stereocenters. The lowest BCUT2D eigenvalue weighted by atomic mass is 10.4. The van der Waals surface area contributed by atoms with Crippen LogP contribution >= 0.6 is 23.5 Å². The molecular formula is C16H22N6O2S2. The van der Waals surface area contributed by atoms with Crippen LogP contribution in [0.5, 0.6) is 0 Å². The van der Waals surface area contributed by atoms with Crippen molar-refractivity contribution in [1.29, 1.82) is 0 Å². The molecule has 26 heavy (non-hydrogen) atoms. The van der Waals surface area contributed by atoms with Gasteiger partial charge in [-0.05, 0) is 19.9 Å². The van der Waals surface area contributed by atoms with Gasteiger partial charge in [-0.3, -0.25) is 4.79 Å². The lowest BCUT2D eigenvalue weighted by Gasteiger charge is -2.26. The fourth-order valence-electron chi connectivity index (χ4n) is 2.51. The van der Waals surface area contributed by atoms with Crippen LogP contribution in [0.3, 0.4) is 0 Å². The highest BCUT2D eigenvalue weighted by Crippen LogP contribution is 2.22. The molecule has 0 aliphatic carbocycles. The normalized spacial score (nSPS) is 14.7. The molecule has 1 aliphatic rings. The summed E-state index contributed by atoms with van der Waals surface area (Å²) in [5.41, 5.74) is 1.91. The highest BCUT2D eigenvalue weighted by atomic mass is 32.2. The maximum Gasteiger partial charge on any atom is 0.233 e. The average molecular weight is 395 g/mol. The number of nitrogens with zero attached hydrogens (tertiary/aromatic N) is 6. The average Bonchev–Trinajstić information content (AvgIpc) is 2.98. The van der Waals surface area contributed by atoms with Gasteiger partial charge in [0.1, 0.15) is 5.82 Å². The quantitative estimate of drug-likeness (QED) is 0.538. The van der Waals surface area contributed by atoms with Crippen molar-refractivity contribution in [2.24, 2.45) is 7.05 Å². The van der Waals surface area contributed by atoms with Gasteiger partial charge in [0.2, 0.25) is 5.91 Å². The van der Waals surface area contributed by atoms with Crippen LogP contribution in [0.4, 0.5) is 0 Å². The number of thioether (sulfide) groups is 2. The summed E-state index contributed by atoms with van der Waals surface area (Å²) >= 11 is 2.95. The van der Waals surface area contributed by atoms with Gasteiger partial charge in [-0.2, -0.15) is 0 Å². The van der Waals surface area contributed by atoms with Crippen LogP contribution in [0.2, 0.25) is 0 Å². The Kier molecular flexibility index (Phi) is 6.49. The molecule has 0 N–H and O–H groups in total. The Morgan fingerprint density at radius 2 is 1.85 bits per heavy atom. The molecule has 8 nitrogen and oxygen atoms in total. The van der Waals surface area contributed by atoms with Crippen molar-refractivity contribution in [3.05, 3.63) is 23.3 Å². The third-order valence-corrected chi connectivity index (χ3v) is 5.75. The van der Waals surface area contributed by atoms with E-state index in [4.69, 9.17) is 4.74 Å². The minimum absolute atomic E-state index is 0.112. The predicted octanol–water partition coefficient (Wildman–Crippen LogP) is 1.47. The van der Waals surface area contributed by atoms with Gasteiger partial charge in [-0.1, -0.05) is 23.5 Å². The van der Waals surface area contributed by atoms with E-state index in [0.29, 0.717) is 37.8 Å². The number of rotatable bonds is 6. The number of amides is 1. The molecule has 0 aromatic carbocycles. The second-order valence-corrected chi connectivity index (χ2v) is 7.85. The third-order valence-electron chi connectivity index (χ3n) is 3.91. The zero-order chi connectivity index (χ0) is 18.5. The first-order chi connectivity index (χ1) is 12.5. The first kappa shape index (κ1) is 19.1. The molecule has 0 bridgehead atoms. The SMILES string of the molecule is Cc1cc(C)nc(SCc2nnc(SCC(=O)N3CCOCC3)n2C)n1. The van der Waals surface area contributed by atoms with E-state index < -0.39 is 0 Å². The first-order valence-corrected chi connectivity index (χ1v) is 10.3. The van der Waals surface area contributed by atoms with Crippen molar-refractivity contribution in [2.75, 3.05) is 32.1 Å². The maximum absolute atomic E-state index is 12.2. The van der Waals surface area contributed by atoms with Crippen LogP contribution in [0.15, 0.2) is 16.4 Å². The summed E-state index contributed by atoms with van der Waals surface area (Å²) < 4.78 is 7.20. The largest absolute Gasteiger partial charge is 0.378 e. The van der Waals surface area contributed by atoms with Crippen LogP contribution in [0.1, 0.15) is 17.2 Å². The van der Waals surface area contributed by atoms with Gasteiger partial charge in [-0.15, -0.1) is 10.2 Å². The minimum Gasteiger partial charge on any atom is -0.378 e. The third kappa shape index (κ3) is 4.95. The maximum atomic E-state index is 12.2. The molecule has 10 heteroatoms. The molecule has 0 atom stereocenters. The topological polar surface area (TPSA) is 86.0 Å². The minimum atomic E-state index is 0.112. The Bertz CT molecular complexity index is 756. The Labute approximate surface area is 161 Å². The van der Waals surface area contributed by atoms with E-state index in [-0.39, 0.29) is 5.91 Å². The highest BCUT2D eigenvalue weighted by molar-refractivity contribution is 7.99. The molecule has 2 aromatic rings. The number of hydrogen-bond acceptors (Lipinski definition) is 8. The van der Waals surface area contributed by atoms with Crippen LogP contribution in [0, 0.1) is 13.8 Å². The van der Waals surface area contributed by atoms with Crippen molar-refractivity contribution in [2.45, 2.75) is 29.9 Å². The highest BCUT2D eigenvalue weighted by Gasteiger charge is 2.18. The van der Waals surface area contributed by atoms with Gasteiger partial charge >= 0.3 is 0 Å². The van der Waals surface area contributed by atoms with E-state index in [2.05, 4.69) is 20.2 Å². The van der Waals surface area contributed by atoms with Crippen molar-refractivity contribution >= 4 is 29.4 Å². The first-order valence-electron chi connectivity index (χ1n) is 8.34. The summed E-state index contributed by atoms with van der Waals surface area (Å²) in [5, 5.41) is 9.92. The van der Waals surface area contributed by atoms with Gasteiger partial charge in [0, 0.05) is 31.5 Å². The number of ether oxygens (including phenoxy) is 1. The summed E-state index contributed by atoms with van der Waals surface area (Å²) in [6, 6.07) is 1.95. The lowest BCUT2D eigenvalue weighted by molar-refractivity contribution is -0.132. The van der Waals surface area contributed by atoms with Crippen molar-refractivity contribution in [3.8, 4) is 0 Å². The molecule has 2 aromatic heterocycles. The van der Waals surface area contributed by atoms with Gasteiger partial charge in [0.15, 0.2) is 10.3 Å². The molecule has 0 saturated carbocycles. The van der Waals surface area contributed by atoms with E-state index in [1.165, 1.54) is 23.5 Å². The molecule has 0 spiro atoms. The molecule has 1 fully saturated rings. The second-order valence-electron chi connectivity index (χ2n) is 5.96. The predicted molar refractivity (Wildman–Crippen MR) is 100 cm³/mol. The van der Waals surface area contributed by atoms with Gasteiger partial charge in [0.05, 0.1) is 24.7 Å². The summed E-state index contributed by atoms with van der Waals surface area (Å²) in [6.07, 6.45) is 0. The number of carbonyl (C=O) groups excluding carboxylic acids is 1. The van der Waals surface area contributed by atoms with E-state index in [9.17, 15) is 4.79 Å². The molecule has 1 amide bonds. The lowest BCUT2D eigenvalue weighted by Crippen LogP contribution is -2.41. The second kappa shape index (κ2) is 8.83. The molecule has 140 valence electrons.